The van der Waals surface area contributed by atoms with E-state index in [1.54, 1.807) is 18.2 Å². The van der Waals surface area contributed by atoms with Gasteiger partial charge in [-0.05, 0) is 11.6 Å². The van der Waals surface area contributed by atoms with Crippen molar-refractivity contribution in [3.05, 3.63) is 51.8 Å². The number of nitrogens with one attached hydrogen (secondary N) is 1. The minimum absolute atomic E-state index is 0.0341. The highest BCUT2D eigenvalue weighted by atomic mass is 79.9. The number of aromatic nitrogens is 2. The van der Waals surface area contributed by atoms with Gasteiger partial charge in [0.15, 0.2) is 0 Å². The molecule has 0 bridgehead atoms. The summed E-state index contributed by atoms with van der Waals surface area (Å²) in [5.74, 6) is 0. The normalized spacial score (nSPS) is 13.4. The number of benzene rings is 1. The Labute approximate surface area is 134 Å². The lowest BCUT2D eigenvalue weighted by molar-refractivity contribution is -0.138. The van der Waals surface area contributed by atoms with Crippen LogP contribution in [0.25, 0.3) is 0 Å². The molecule has 0 aliphatic carbocycles. The van der Waals surface area contributed by atoms with Gasteiger partial charge in [0.1, 0.15) is 0 Å². The van der Waals surface area contributed by atoms with Crippen LogP contribution in [0, 0.1) is 0 Å². The number of alkyl halides is 3. The molecule has 1 atom stereocenters. The number of aliphatic hydroxyl groups is 1. The van der Waals surface area contributed by atoms with Gasteiger partial charge in [0.2, 0.25) is 0 Å². The standard InChI is InChI=1S/C14H15BrF3N3O/c1-21-12(10(6-20-21)14(16,17)18)7-19-8-13(22)9-4-2-3-5-11(9)15/h2-6,13,19,22H,7-8H2,1H3. The quantitative estimate of drug-likeness (QED) is 0.841. The maximum Gasteiger partial charge on any atom is 0.419 e. The molecule has 4 nitrogen and oxygen atoms in total. The maximum atomic E-state index is 12.8. The van der Waals surface area contributed by atoms with Gasteiger partial charge in [-0.2, -0.15) is 18.3 Å². The lowest BCUT2D eigenvalue weighted by Crippen LogP contribution is -2.24. The fraction of sp³-hybridized carbons (Fsp3) is 0.357. The lowest BCUT2D eigenvalue weighted by atomic mass is 10.1. The van der Waals surface area contributed by atoms with Crippen LogP contribution >= 0.6 is 15.9 Å². The van der Waals surface area contributed by atoms with E-state index in [4.69, 9.17) is 0 Å². The Balaban J connectivity index is 2.00. The molecular weight excluding hydrogens is 363 g/mol. The van der Waals surface area contributed by atoms with Crippen molar-refractivity contribution in [2.75, 3.05) is 6.54 Å². The highest BCUT2D eigenvalue weighted by molar-refractivity contribution is 9.10. The van der Waals surface area contributed by atoms with Gasteiger partial charge < -0.3 is 10.4 Å². The van der Waals surface area contributed by atoms with Crippen LogP contribution in [-0.2, 0) is 19.8 Å². The number of aliphatic hydroxyl groups excluding tert-OH is 1. The molecule has 0 fully saturated rings. The molecule has 8 heteroatoms. The van der Waals surface area contributed by atoms with Gasteiger partial charge in [-0.3, -0.25) is 4.68 Å². The highest BCUT2D eigenvalue weighted by Crippen LogP contribution is 2.31. The Morgan fingerprint density at radius 3 is 2.68 bits per heavy atom. The van der Waals surface area contributed by atoms with Gasteiger partial charge in [-0.1, -0.05) is 34.1 Å². The van der Waals surface area contributed by atoms with Crippen LogP contribution in [0.15, 0.2) is 34.9 Å². The van der Waals surface area contributed by atoms with Gasteiger partial charge in [-0.15, -0.1) is 0 Å². The maximum absolute atomic E-state index is 12.8. The van der Waals surface area contributed by atoms with Crippen molar-refractivity contribution in [1.29, 1.82) is 0 Å². The third kappa shape index (κ3) is 3.88. The summed E-state index contributed by atoms with van der Waals surface area (Å²) in [4.78, 5) is 0. The molecule has 1 aromatic heterocycles. The molecule has 1 heterocycles. The van der Waals surface area contributed by atoms with E-state index < -0.39 is 17.8 Å². The first kappa shape index (κ1) is 17.0. The first-order valence-corrected chi connectivity index (χ1v) is 7.31. The van der Waals surface area contributed by atoms with Crippen molar-refractivity contribution in [3.63, 3.8) is 0 Å². The van der Waals surface area contributed by atoms with Crippen LogP contribution in [0.1, 0.15) is 22.9 Å². The first-order valence-electron chi connectivity index (χ1n) is 6.52. The van der Waals surface area contributed by atoms with Crippen molar-refractivity contribution in [2.24, 2.45) is 7.05 Å². The molecule has 22 heavy (non-hydrogen) atoms. The molecule has 0 saturated carbocycles. The summed E-state index contributed by atoms with van der Waals surface area (Å²) < 4.78 is 40.4. The molecule has 120 valence electrons. The van der Waals surface area contributed by atoms with E-state index in [1.807, 2.05) is 6.07 Å². The zero-order valence-corrected chi connectivity index (χ0v) is 13.3. The SMILES string of the molecule is Cn1ncc(C(F)(F)F)c1CNCC(O)c1ccccc1Br. The molecule has 0 radical (unpaired) electrons. The fourth-order valence-corrected chi connectivity index (χ4v) is 2.64. The Kier molecular flexibility index (Phi) is 5.25. The van der Waals surface area contributed by atoms with Crippen molar-refractivity contribution < 1.29 is 18.3 Å². The average Bonchev–Trinajstić information content (AvgIpc) is 2.80. The van der Waals surface area contributed by atoms with E-state index in [1.165, 1.54) is 11.7 Å². The van der Waals surface area contributed by atoms with Crippen molar-refractivity contribution >= 4 is 15.9 Å². The smallest absolute Gasteiger partial charge is 0.387 e. The second kappa shape index (κ2) is 6.80. The summed E-state index contributed by atoms with van der Waals surface area (Å²) in [6, 6.07) is 7.15. The van der Waals surface area contributed by atoms with Crippen LogP contribution in [0.3, 0.4) is 0 Å². The zero-order chi connectivity index (χ0) is 16.3. The third-order valence-electron chi connectivity index (χ3n) is 3.26. The van der Waals surface area contributed by atoms with E-state index in [0.717, 1.165) is 10.7 Å². The Morgan fingerprint density at radius 2 is 2.05 bits per heavy atom. The topological polar surface area (TPSA) is 50.1 Å². The number of hydrogen-bond acceptors (Lipinski definition) is 3. The molecule has 2 rings (SSSR count). The van der Waals surface area contributed by atoms with Gasteiger partial charge in [0.25, 0.3) is 0 Å². The van der Waals surface area contributed by atoms with E-state index in [2.05, 4.69) is 26.3 Å². The lowest BCUT2D eigenvalue weighted by Gasteiger charge is -2.15. The van der Waals surface area contributed by atoms with E-state index >= 15 is 0 Å². The second-order valence-corrected chi connectivity index (χ2v) is 5.65. The number of hydrogen-bond donors (Lipinski definition) is 2. The van der Waals surface area contributed by atoms with E-state index in [0.29, 0.717) is 5.56 Å². The Hall–Kier alpha value is -1.38. The van der Waals surface area contributed by atoms with Crippen molar-refractivity contribution in [3.8, 4) is 0 Å². The summed E-state index contributed by atoms with van der Waals surface area (Å²) in [7, 11) is 1.45. The molecule has 0 amide bonds. The van der Waals surface area contributed by atoms with Crippen LogP contribution in [0.5, 0.6) is 0 Å². The molecule has 0 spiro atoms. The Morgan fingerprint density at radius 1 is 1.36 bits per heavy atom. The van der Waals surface area contributed by atoms with Gasteiger partial charge in [0, 0.05) is 24.6 Å². The predicted octanol–water partition coefficient (Wildman–Crippen LogP) is 3.02. The summed E-state index contributed by atoms with van der Waals surface area (Å²) >= 11 is 3.33. The second-order valence-electron chi connectivity index (χ2n) is 4.79. The van der Waals surface area contributed by atoms with E-state index in [-0.39, 0.29) is 18.8 Å². The van der Waals surface area contributed by atoms with Crippen LogP contribution in [-0.4, -0.2) is 21.4 Å². The van der Waals surface area contributed by atoms with Gasteiger partial charge in [0.05, 0.1) is 23.6 Å². The number of rotatable bonds is 5. The van der Waals surface area contributed by atoms with Crippen LogP contribution in [0.2, 0.25) is 0 Å². The molecule has 1 aromatic carbocycles. The molecule has 2 aromatic rings. The van der Waals surface area contributed by atoms with Gasteiger partial charge >= 0.3 is 6.18 Å². The Bertz CT molecular complexity index is 643. The van der Waals surface area contributed by atoms with E-state index in [9.17, 15) is 18.3 Å². The fourth-order valence-electron chi connectivity index (χ4n) is 2.09. The summed E-state index contributed by atoms with van der Waals surface area (Å²) in [6.07, 6.45) is -4.45. The summed E-state index contributed by atoms with van der Waals surface area (Å²) in [5, 5.41) is 16.6. The van der Waals surface area contributed by atoms with Crippen LogP contribution in [0.4, 0.5) is 13.2 Å². The molecule has 0 aliphatic rings. The van der Waals surface area contributed by atoms with Crippen LogP contribution < -0.4 is 5.32 Å². The zero-order valence-electron chi connectivity index (χ0n) is 11.7. The average molecular weight is 378 g/mol. The monoisotopic (exact) mass is 377 g/mol. The number of halogens is 4. The predicted molar refractivity (Wildman–Crippen MR) is 79.0 cm³/mol. The minimum Gasteiger partial charge on any atom is -0.387 e. The van der Waals surface area contributed by atoms with Crippen molar-refractivity contribution in [2.45, 2.75) is 18.8 Å². The highest BCUT2D eigenvalue weighted by Gasteiger charge is 2.35. The number of aryl methyl sites for hydroxylation is 1. The molecule has 2 N–H and O–H groups in total. The molecule has 0 aliphatic heterocycles. The molecule has 0 saturated heterocycles. The largest absolute Gasteiger partial charge is 0.419 e. The molecular formula is C14H15BrF3N3O. The molecule has 1 unspecified atom stereocenters. The summed E-state index contributed by atoms with van der Waals surface area (Å²) in [6.45, 7) is 0.0952. The first-order chi connectivity index (χ1) is 10.3. The van der Waals surface area contributed by atoms with Gasteiger partial charge in [-0.25, -0.2) is 0 Å². The number of nitrogens with zero attached hydrogens (tertiary/aromatic N) is 2. The minimum atomic E-state index is -4.44. The summed E-state index contributed by atoms with van der Waals surface area (Å²) in [5.41, 5.74) is -0.0549. The third-order valence-corrected chi connectivity index (χ3v) is 3.98. The van der Waals surface area contributed by atoms with Crippen molar-refractivity contribution in [1.82, 2.24) is 15.1 Å².